The van der Waals surface area contributed by atoms with Gasteiger partial charge in [0, 0.05) is 5.69 Å². The van der Waals surface area contributed by atoms with Crippen molar-refractivity contribution in [1.82, 2.24) is 0 Å². The maximum absolute atomic E-state index is 12.0. The third-order valence-electron chi connectivity index (χ3n) is 3.40. The number of nitrogens with zero attached hydrogens (tertiary/aromatic N) is 1. The molecular formula is C12H13NO4S2. The topological polar surface area (TPSA) is 63.7 Å². The number of methoxy groups -OCH3 is 1. The first-order valence-corrected chi connectivity index (χ1v) is 8.54. The number of ether oxygens (including phenoxy) is 1. The minimum absolute atomic E-state index is 0.0580. The van der Waals surface area contributed by atoms with Gasteiger partial charge in [-0.05, 0) is 24.3 Å². The van der Waals surface area contributed by atoms with E-state index in [1.165, 1.54) is 0 Å². The van der Waals surface area contributed by atoms with Gasteiger partial charge in [0.25, 0.3) is 5.24 Å². The Morgan fingerprint density at radius 1 is 1.26 bits per heavy atom. The summed E-state index contributed by atoms with van der Waals surface area (Å²) in [6, 6.07) is 6.86. The van der Waals surface area contributed by atoms with Crippen LogP contribution in [0.1, 0.15) is 0 Å². The number of sulfone groups is 1. The van der Waals surface area contributed by atoms with Crippen LogP contribution in [0.25, 0.3) is 0 Å². The van der Waals surface area contributed by atoms with E-state index in [1.807, 2.05) is 0 Å². The van der Waals surface area contributed by atoms with E-state index in [1.54, 1.807) is 36.3 Å². The third kappa shape index (κ3) is 2.21. The van der Waals surface area contributed by atoms with Crippen molar-refractivity contribution < 1.29 is 17.9 Å². The predicted octanol–water partition coefficient (Wildman–Crippen LogP) is 1.53. The lowest BCUT2D eigenvalue weighted by atomic mass is 10.2. The summed E-state index contributed by atoms with van der Waals surface area (Å²) in [5.74, 6) is 0.863. The van der Waals surface area contributed by atoms with Crippen LogP contribution in [0.3, 0.4) is 0 Å². The Labute approximate surface area is 115 Å². The molecule has 2 heterocycles. The van der Waals surface area contributed by atoms with Gasteiger partial charge in [-0.1, -0.05) is 11.8 Å². The molecule has 2 aliphatic heterocycles. The molecule has 0 bridgehead atoms. The molecule has 5 nitrogen and oxygen atoms in total. The summed E-state index contributed by atoms with van der Waals surface area (Å²) < 4.78 is 28.4. The Balaban J connectivity index is 1.92. The van der Waals surface area contributed by atoms with Crippen LogP contribution < -0.4 is 9.64 Å². The summed E-state index contributed by atoms with van der Waals surface area (Å²) >= 11 is 1.13. The first-order valence-electron chi connectivity index (χ1n) is 5.84. The standard InChI is InChI=1S/C12H13NO4S2/c1-17-9-4-2-8(3-5-9)13-10-6-19(15,16)7-11(10)18-12(13)14/h2-5,10-11H,6-7H2,1H3/t10-,11-/m0/s1. The minimum atomic E-state index is -3.02. The maximum atomic E-state index is 12.0. The monoisotopic (exact) mass is 299 g/mol. The highest BCUT2D eigenvalue weighted by molar-refractivity contribution is 8.15. The average Bonchev–Trinajstić information content (AvgIpc) is 2.79. The molecule has 0 radical (unpaired) electrons. The van der Waals surface area contributed by atoms with Crippen LogP contribution in [0.5, 0.6) is 5.75 Å². The Bertz CT molecular complexity index is 611. The smallest absolute Gasteiger partial charge is 0.286 e. The second-order valence-corrected chi connectivity index (χ2v) is 7.98. The number of rotatable bonds is 2. The van der Waals surface area contributed by atoms with E-state index in [4.69, 9.17) is 4.74 Å². The van der Waals surface area contributed by atoms with E-state index >= 15 is 0 Å². The van der Waals surface area contributed by atoms with Gasteiger partial charge < -0.3 is 4.74 Å². The van der Waals surface area contributed by atoms with Gasteiger partial charge in [-0.2, -0.15) is 0 Å². The Kier molecular flexibility index (Phi) is 2.98. The molecule has 1 amide bonds. The van der Waals surface area contributed by atoms with Crippen molar-refractivity contribution in [3.63, 3.8) is 0 Å². The number of benzene rings is 1. The Hall–Kier alpha value is -1.21. The van der Waals surface area contributed by atoms with Gasteiger partial charge in [0.15, 0.2) is 9.84 Å². The number of hydrogen-bond donors (Lipinski definition) is 0. The lowest BCUT2D eigenvalue weighted by molar-refractivity contribution is 0.265. The molecule has 1 aromatic carbocycles. The van der Waals surface area contributed by atoms with Gasteiger partial charge in [-0.3, -0.25) is 9.69 Å². The van der Waals surface area contributed by atoms with Crippen molar-refractivity contribution >= 4 is 32.5 Å². The van der Waals surface area contributed by atoms with Crippen LogP contribution in [-0.4, -0.2) is 43.6 Å². The number of carbonyl (C=O) groups excluding carboxylic acids is 1. The highest BCUT2D eigenvalue weighted by Gasteiger charge is 2.50. The molecular weight excluding hydrogens is 286 g/mol. The fraction of sp³-hybridized carbons (Fsp3) is 0.417. The highest BCUT2D eigenvalue weighted by Crippen LogP contribution is 2.40. The Morgan fingerprint density at radius 2 is 1.95 bits per heavy atom. The number of amides is 1. The average molecular weight is 299 g/mol. The van der Waals surface area contributed by atoms with Gasteiger partial charge in [0.2, 0.25) is 0 Å². The Morgan fingerprint density at radius 3 is 2.58 bits per heavy atom. The van der Waals surface area contributed by atoms with Gasteiger partial charge >= 0.3 is 0 Å². The van der Waals surface area contributed by atoms with E-state index in [-0.39, 0.29) is 28.0 Å². The summed E-state index contributed by atoms with van der Waals surface area (Å²) in [6.45, 7) is 0. The highest BCUT2D eigenvalue weighted by atomic mass is 32.2. The summed E-state index contributed by atoms with van der Waals surface area (Å²) in [6.07, 6.45) is 0. The molecule has 19 heavy (non-hydrogen) atoms. The number of hydrogen-bond acceptors (Lipinski definition) is 5. The van der Waals surface area contributed by atoms with Crippen LogP contribution >= 0.6 is 11.8 Å². The van der Waals surface area contributed by atoms with Crippen molar-refractivity contribution in [1.29, 1.82) is 0 Å². The van der Waals surface area contributed by atoms with Crippen LogP contribution in [-0.2, 0) is 9.84 Å². The molecule has 2 aliphatic rings. The summed E-state index contributed by atoms with van der Waals surface area (Å²) in [5.41, 5.74) is 0.725. The number of anilines is 1. The fourth-order valence-corrected chi connectivity index (χ4v) is 6.28. The molecule has 3 rings (SSSR count). The van der Waals surface area contributed by atoms with Crippen molar-refractivity contribution in [2.75, 3.05) is 23.5 Å². The van der Waals surface area contributed by atoms with Gasteiger partial charge in [0.05, 0.1) is 29.9 Å². The van der Waals surface area contributed by atoms with E-state index in [0.717, 1.165) is 17.4 Å². The van der Waals surface area contributed by atoms with E-state index in [9.17, 15) is 13.2 Å². The molecule has 0 unspecified atom stereocenters. The molecule has 102 valence electrons. The van der Waals surface area contributed by atoms with E-state index < -0.39 is 9.84 Å². The van der Waals surface area contributed by atoms with Crippen molar-refractivity contribution in [3.8, 4) is 5.75 Å². The molecule has 2 fully saturated rings. The van der Waals surface area contributed by atoms with Crippen molar-refractivity contribution in [3.05, 3.63) is 24.3 Å². The first kappa shape index (κ1) is 12.8. The van der Waals surface area contributed by atoms with Crippen LogP contribution in [0, 0.1) is 0 Å². The molecule has 1 aromatic rings. The minimum Gasteiger partial charge on any atom is -0.497 e. The molecule has 2 atom stereocenters. The lowest BCUT2D eigenvalue weighted by Gasteiger charge is -2.22. The fourth-order valence-electron chi connectivity index (χ4n) is 2.51. The quantitative estimate of drug-likeness (QED) is 0.829. The molecule has 2 saturated heterocycles. The second kappa shape index (κ2) is 4.42. The van der Waals surface area contributed by atoms with Crippen LogP contribution in [0.15, 0.2) is 24.3 Å². The SMILES string of the molecule is COc1ccc(N2C(=O)S[C@H]3CS(=O)(=O)C[C@@H]32)cc1. The molecule has 0 aliphatic carbocycles. The second-order valence-electron chi connectivity index (χ2n) is 4.63. The lowest BCUT2D eigenvalue weighted by Crippen LogP contribution is -2.36. The normalized spacial score (nSPS) is 28.5. The summed E-state index contributed by atoms with van der Waals surface area (Å²) in [7, 11) is -1.45. The van der Waals surface area contributed by atoms with E-state index in [0.29, 0.717) is 5.75 Å². The zero-order valence-electron chi connectivity index (χ0n) is 10.3. The van der Waals surface area contributed by atoms with Crippen LogP contribution in [0.2, 0.25) is 0 Å². The molecule has 0 aromatic heterocycles. The summed E-state index contributed by atoms with van der Waals surface area (Å²) in [5, 5.41) is -0.213. The summed E-state index contributed by atoms with van der Waals surface area (Å²) in [4.78, 5) is 13.6. The van der Waals surface area contributed by atoms with Gasteiger partial charge in [0.1, 0.15) is 5.75 Å². The third-order valence-corrected chi connectivity index (χ3v) is 6.51. The number of thioether (sulfide) groups is 1. The zero-order valence-corrected chi connectivity index (χ0v) is 11.9. The molecule has 0 N–H and O–H groups in total. The number of fused-ring (bicyclic) bond motifs is 1. The molecule has 0 spiro atoms. The predicted molar refractivity (Wildman–Crippen MR) is 74.7 cm³/mol. The first-order chi connectivity index (χ1) is 9.00. The van der Waals surface area contributed by atoms with Crippen molar-refractivity contribution in [2.24, 2.45) is 0 Å². The number of carbonyl (C=O) groups is 1. The van der Waals surface area contributed by atoms with Crippen molar-refractivity contribution in [2.45, 2.75) is 11.3 Å². The van der Waals surface area contributed by atoms with Gasteiger partial charge in [-0.25, -0.2) is 8.42 Å². The zero-order chi connectivity index (χ0) is 13.6. The molecule has 7 heteroatoms. The molecule has 0 saturated carbocycles. The largest absolute Gasteiger partial charge is 0.497 e. The van der Waals surface area contributed by atoms with E-state index in [2.05, 4.69) is 0 Å². The van der Waals surface area contributed by atoms with Crippen LogP contribution in [0.4, 0.5) is 10.5 Å². The van der Waals surface area contributed by atoms with Gasteiger partial charge in [-0.15, -0.1) is 0 Å². The maximum Gasteiger partial charge on any atom is 0.286 e.